The highest BCUT2D eigenvalue weighted by molar-refractivity contribution is 5.81. The smallest absolute Gasteiger partial charge is 0.260 e. The molecule has 2 amide bonds. The van der Waals surface area contributed by atoms with Gasteiger partial charge in [-0.3, -0.25) is 14.4 Å². The van der Waals surface area contributed by atoms with E-state index in [2.05, 4.69) is 4.84 Å². The van der Waals surface area contributed by atoms with E-state index in [1.54, 1.807) is 13.8 Å². The van der Waals surface area contributed by atoms with Gasteiger partial charge in [-0.15, -0.1) is 0 Å². The topological polar surface area (TPSA) is 107 Å². The van der Waals surface area contributed by atoms with Crippen LogP contribution in [0.25, 0.3) is 0 Å². The molecule has 13 heavy (non-hydrogen) atoms. The molecule has 0 aliphatic carbocycles. The highest BCUT2D eigenvalue weighted by atomic mass is 16.7. The summed E-state index contributed by atoms with van der Waals surface area (Å²) in [4.78, 5) is 25.7. The van der Waals surface area contributed by atoms with Crippen LogP contribution in [0, 0.1) is 5.92 Å². The van der Waals surface area contributed by atoms with Crippen molar-refractivity contribution in [3.63, 3.8) is 0 Å². The van der Waals surface area contributed by atoms with Gasteiger partial charge < -0.3 is 11.5 Å². The van der Waals surface area contributed by atoms with Crippen LogP contribution in [0.1, 0.15) is 13.8 Å². The second-order valence-corrected chi connectivity index (χ2v) is 2.99. The Morgan fingerprint density at radius 2 is 2.00 bits per heavy atom. The molecule has 0 bridgehead atoms. The number of amides is 2. The average molecular weight is 189 g/mol. The van der Waals surface area contributed by atoms with Crippen molar-refractivity contribution in [2.24, 2.45) is 17.4 Å². The lowest BCUT2D eigenvalue weighted by molar-refractivity contribution is -0.139. The average Bonchev–Trinajstić information content (AvgIpc) is 2.02. The zero-order chi connectivity index (χ0) is 10.4. The van der Waals surface area contributed by atoms with Crippen LogP contribution < -0.4 is 16.9 Å². The number of rotatable bonds is 5. The van der Waals surface area contributed by atoms with Crippen LogP contribution >= 0.6 is 0 Å². The summed E-state index contributed by atoms with van der Waals surface area (Å²) in [5.41, 5.74) is 12.3. The molecule has 0 fully saturated rings. The van der Waals surface area contributed by atoms with E-state index < -0.39 is 17.9 Å². The van der Waals surface area contributed by atoms with Crippen molar-refractivity contribution < 1.29 is 14.4 Å². The molecule has 0 aliphatic heterocycles. The van der Waals surface area contributed by atoms with Crippen LogP contribution in [-0.4, -0.2) is 24.5 Å². The van der Waals surface area contributed by atoms with Crippen molar-refractivity contribution in [3.8, 4) is 0 Å². The second-order valence-electron chi connectivity index (χ2n) is 2.99. The third kappa shape index (κ3) is 5.15. The fraction of sp³-hybridized carbons (Fsp3) is 0.714. The lowest BCUT2D eigenvalue weighted by Gasteiger charge is -2.14. The Balaban J connectivity index is 3.68. The number of nitrogens with one attached hydrogen (secondary N) is 1. The molecule has 0 saturated carbocycles. The predicted octanol–water partition coefficient (Wildman–Crippen LogP) is -1.50. The number of hydrogen-bond acceptors (Lipinski definition) is 4. The Hall–Kier alpha value is -1.14. The minimum atomic E-state index is -0.654. The van der Waals surface area contributed by atoms with E-state index in [4.69, 9.17) is 11.5 Å². The molecule has 6 nitrogen and oxygen atoms in total. The van der Waals surface area contributed by atoms with Gasteiger partial charge in [0.05, 0.1) is 6.04 Å². The van der Waals surface area contributed by atoms with Gasteiger partial charge >= 0.3 is 0 Å². The van der Waals surface area contributed by atoms with Gasteiger partial charge in [0.2, 0.25) is 5.91 Å². The highest BCUT2D eigenvalue weighted by Gasteiger charge is 2.16. The molecule has 0 heterocycles. The standard InChI is InChI=1S/C7H15N3O3/c1-4(2)6(9)7(12)10-13-3-5(8)11/h4,6H,3,9H2,1-2H3,(H2,8,11)(H,10,12)/t6-/m1/s1. The number of hydroxylamine groups is 1. The van der Waals surface area contributed by atoms with Crippen molar-refractivity contribution >= 4 is 11.8 Å². The Morgan fingerprint density at radius 1 is 1.46 bits per heavy atom. The molecule has 5 N–H and O–H groups in total. The summed E-state index contributed by atoms with van der Waals surface area (Å²) < 4.78 is 0. The van der Waals surface area contributed by atoms with Crippen molar-refractivity contribution in [3.05, 3.63) is 0 Å². The SMILES string of the molecule is CC(C)[C@@H](N)C(=O)NOCC(N)=O. The Labute approximate surface area is 76.5 Å². The fourth-order valence-electron chi connectivity index (χ4n) is 0.549. The van der Waals surface area contributed by atoms with Crippen molar-refractivity contribution in [1.29, 1.82) is 0 Å². The number of hydrogen-bond donors (Lipinski definition) is 3. The van der Waals surface area contributed by atoms with E-state index in [9.17, 15) is 9.59 Å². The third-order valence-electron chi connectivity index (χ3n) is 1.41. The maximum atomic E-state index is 11.1. The number of carbonyl (C=O) groups excluding carboxylic acids is 2. The molecular weight excluding hydrogens is 174 g/mol. The molecule has 0 aromatic rings. The molecule has 0 rings (SSSR count). The van der Waals surface area contributed by atoms with Crippen LogP contribution in [0.3, 0.4) is 0 Å². The number of primary amides is 1. The Kier molecular flexibility index (Phi) is 5.01. The molecule has 0 aromatic heterocycles. The van der Waals surface area contributed by atoms with Crippen LogP contribution in [0.4, 0.5) is 0 Å². The molecular formula is C7H15N3O3. The van der Waals surface area contributed by atoms with Crippen LogP contribution in [0.5, 0.6) is 0 Å². The first-order chi connectivity index (χ1) is 5.95. The zero-order valence-corrected chi connectivity index (χ0v) is 7.74. The van der Waals surface area contributed by atoms with Gasteiger partial charge in [0.1, 0.15) is 0 Å². The monoisotopic (exact) mass is 189 g/mol. The summed E-state index contributed by atoms with van der Waals surface area (Å²) in [5.74, 6) is -1.10. The van der Waals surface area contributed by atoms with E-state index in [0.717, 1.165) is 0 Å². The summed E-state index contributed by atoms with van der Waals surface area (Å²) >= 11 is 0. The molecule has 1 atom stereocenters. The second kappa shape index (κ2) is 5.50. The molecule has 0 aliphatic rings. The van der Waals surface area contributed by atoms with Gasteiger partial charge in [0, 0.05) is 0 Å². The Bertz CT molecular complexity index is 193. The maximum absolute atomic E-state index is 11.1. The van der Waals surface area contributed by atoms with Gasteiger partial charge in [-0.25, -0.2) is 5.48 Å². The van der Waals surface area contributed by atoms with Gasteiger partial charge in [-0.2, -0.15) is 0 Å². The lowest BCUT2D eigenvalue weighted by atomic mass is 10.1. The van der Waals surface area contributed by atoms with E-state index in [1.165, 1.54) is 0 Å². The highest BCUT2D eigenvalue weighted by Crippen LogP contribution is 1.97. The molecule has 6 heteroatoms. The lowest BCUT2D eigenvalue weighted by Crippen LogP contribution is -2.44. The number of carbonyl (C=O) groups is 2. The van der Waals surface area contributed by atoms with Gasteiger partial charge in [-0.05, 0) is 5.92 Å². The van der Waals surface area contributed by atoms with Crippen LogP contribution in [0.2, 0.25) is 0 Å². The van der Waals surface area contributed by atoms with Crippen molar-refractivity contribution in [1.82, 2.24) is 5.48 Å². The van der Waals surface area contributed by atoms with E-state index in [-0.39, 0.29) is 12.5 Å². The first-order valence-corrected chi connectivity index (χ1v) is 3.90. The molecule has 0 aromatic carbocycles. The number of nitrogens with two attached hydrogens (primary N) is 2. The third-order valence-corrected chi connectivity index (χ3v) is 1.41. The van der Waals surface area contributed by atoms with Crippen molar-refractivity contribution in [2.75, 3.05) is 6.61 Å². The van der Waals surface area contributed by atoms with Crippen LogP contribution in [0.15, 0.2) is 0 Å². The maximum Gasteiger partial charge on any atom is 0.260 e. The summed E-state index contributed by atoms with van der Waals surface area (Å²) in [6.45, 7) is 3.26. The molecule has 0 spiro atoms. The summed E-state index contributed by atoms with van der Waals surface area (Å²) in [6, 6.07) is -0.645. The summed E-state index contributed by atoms with van der Waals surface area (Å²) in [7, 11) is 0. The summed E-state index contributed by atoms with van der Waals surface area (Å²) in [6.07, 6.45) is 0. The fourth-order valence-corrected chi connectivity index (χ4v) is 0.549. The van der Waals surface area contributed by atoms with Gasteiger partial charge in [0.25, 0.3) is 5.91 Å². The van der Waals surface area contributed by atoms with E-state index in [1.807, 2.05) is 5.48 Å². The quantitative estimate of drug-likeness (QED) is 0.457. The Morgan fingerprint density at radius 3 is 2.38 bits per heavy atom. The van der Waals surface area contributed by atoms with Gasteiger partial charge in [0.15, 0.2) is 6.61 Å². The molecule has 0 unspecified atom stereocenters. The van der Waals surface area contributed by atoms with Crippen LogP contribution in [-0.2, 0) is 14.4 Å². The van der Waals surface area contributed by atoms with Gasteiger partial charge in [-0.1, -0.05) is 13.8 Å². The van der Waals surface area contributed by atoms with E-state index >= 15 is 0 Å². The zero-order valence-electron chi connectivity index (χ0n) is 7.74. The predicted molar refractivity (Wildman–Crippen MR) is 46.1 cm³/mol. The molecule has 0 radical (unpaired) electrons. The van der Waals surface area contributed by atoms with Crippen molar-refractivity contribution in [2.45, 2.75) is 19.9 Å². The normalized spacial score (nSPS) is 12.6. The minimum Gasteiger partial charge on any atom is -0.368 e. The molecule has 76 valence electrons. The minimum absolute atomic E-state index is 0.0113. The molecule has 0 saturated heterocycles. The largest absolute Gasteiger partial charge is 0.368 e. The summed E-state index contributed by atoms with van der Waals surface area (Å²) in [5, 5.41) is 0. The van der Waals surface area contributed by atoms with E-state index in [0.29, 0.717) is 0 Å². The first-order valence-electron chi connectivity index (χ1n) is 3.90. The first kappa shape index (κ1) is 11.9.